The maximum atomic E-state index is 12.5. The molecular formula is C23H23Cl2N5O2S. The predicted octanol–water partition coefficient (Wildman–Crippen LogP) is 5.30. The third kappa shape index (κ3) is 6.60. The van der Waals surface area contributed by atoms with Gasteiger partial charge in [0, 0.05) is 27.8 Å². The van der Waals surface area contributed by atoms with Gasteiger partial charge in [-0.1, -0.05) is 47.1 Å². The van der Waals surface area contributed by atoms with E-state index in [0.717, 1.165) is 5.56 Å². The Morgan fingerprint density at radius 2 is 1.91 bits per heavy atom. The zero-order valence-electron chi connectivity index (χ0n) is 18.1. The summed E-state index contributed by atoms with van der Waals surface area (Å²) in [5.41, 5.74) is 2.05. The summed E-state index contributed by atoms with van der Waals surface area (Å²) in [6.45, 7) is 7.93. The van der Waals surface area contributed by atoms with Crippen molar-refractivity contribution in [1.29, 1.82) is 0 Å². The number of anilines is 1. The molecule has 3 rings (SSSR count). The van der Waals surface area contributed by atoms with Gasteiger partial charge in [-0.3, -0.25) is 9.59 Å². The first-order chi connectivity index (χ1) is 15.8. The molecule has 1 heterocycles. The van der Waals surface area contributed by atoms with Crippen LogP contribution in [-0.4, -0.2) is 32.3 Å². The Morgan fingerprint density at radius 1 is 1.18 bits per heavy atom. The smallest absolute Gasteiger partial charge is 0.251 e. The second-order valence-corrected chi connectivity index (χ2v) is 9.03. The lowest BCUT2D eigenvalue weighted by Crippen LogP contribution is -2.28. The summed E-state index contributed by atoms with van der Waals surface area (Å²) in [6, 6.07) is 11.6. The highest BCUT2D eigenvalue weighted by molar-refractivity contribution is 7.99. The van der Waals surface area contributed by atoms with E-state index in [4.69, 9.17) is 23.2 Å². The molecule has 0 radical (unpaired) electrons. The van der Waals surface area contributed by atoms with Crippen molar-refractivity contribution in [3.8, 4) is 0 Å². The van der Waals surface area contributed by atoms with Gasteiger partial charge < -0.3 is 15.2 Å². The van der Waals surface area contributed by atoms with Crippen molar-refractivity contribution in [3.63, 3.8) is 0 Å². The largest absolute Gasteiger partial charge is 0.342 e. The molecule has 2 amide bonds. The van der Waals surface area contributed by atoms with Crippen LogP contribution in [-0.2, 0) is 11.3 Å². The molecule has 1 atom stereocenters. The minimum atomic E-state index is -0.418. The number of amides is 2. The molecule has 0 saturated carbocycles. The van der Waals surface area contributed by atoms with Crippen molar-refractivity contribution in [3.05, 3.63) is 82.1 Å². The van der Waals surface area contributed by atoms with Gasteiger partial charge in [0.2, 0.25) is 5.91 Å². The van der Waals surface area contributed by atoms with E-state index < -0.39 is 6.04 Å². The average molecular weight is 504 g/mol. The van der Waals surface area contributed by atoms with Crippen LogP contribution in [0.4, 0.5) is 5.69 Å². The van der Waals surface area contributed by atoms with E-state index in [2.05, 4.69) is 27.4 Å². The quantitative estimate of drug-likeness (QED) is 0.305. The number of halogens is 2. The molecule has 0 aliphatic carbocycles. The Balaban J connectivity index is 1.65. The number of aryl methyl sites for hydroxylation is 1. The van der Waals surface area contributed by atoms with Crippen molar-refractivity contribution < 1.29 is 9.59 Å². The molecule has 7 nitrogen and oxygen atoms in total. The third-order valence-corrected chi connectivity index (χ3v) is 6.31. The van der Waals surface area contributed by atoms with E-state index in [9.17, 15) is 9.59 Å². The molecule has 2 N–H and O–H groups in total. The first-order valence-corrected chi connectivity index (χ1v) is 11.8. The number of aromatic nitrogens is 3. The first kappa shape index (κ1) is 24.8. The highest BCUT2D eigenvalue weighted by atomic mass is 35.5. The lowest BCUT2D eigenvalue weighted by atomic mass is 10.2. The number of hydrogen-bond acceptors (Lipinski definition) is 5. The SMILES string of the molecule is C=CCn1c(SCC(=O)Nc2ccc(C)c(Cl)c2)nnc1[C@H](C)NC(=O)c1ccc(Cl)cc1. The molecule has 0 aliphatic rings. The van der Waals surface area contributed by atoms with Crippen molar-refractivity contribution in [2.45, 2.75) is 31.6 Å². The number of benzene rings is 2. The highest BCUT2D eigenvalue weighted by Gasteiger charge is 2.20. The monoisotopic (exact) mass is 503 g/mol. The Labute approximate surface area is 206 Å². The summed E-state index contributed by atoms with van der Waals surface area (Å²) in [7, 11) is 0. The average Bonchev–Trinajstić information content (AvgIpc) is 3.18. The fraction of sp³-hybridized carbons (Fsp3) is 0.217. The van der Waals surface area contributed by atoms with E-state index in [-0.39, 0.29) is 17.6 Å². The van der Waals surface area contributed by atoms with Crippen molar-refractivity contribution >= 4 is 52.5 Å². The number of thioether (sulfide) groups is 1. The Kier molecular flexibility index (Phi) is 8.55. The van der Waals surface area contributed by atoms with Gasteiger partial charge in [0.1, 0.15) is 0 Å². The zero-order valence-corrected chi connectivity index (χ0v) is 20.5. The maximum absolute atomic E-state index is 12.5. The molecule has 0 aliphatic heterocycles. The third-order valence-electron chi connectivity index (χ3n) is 4.69. The topological polar surface area (TPSA) is 88.9 Å². The molecule has 3 aromatic rings. The number of nitrogens with one attached hydrogen (secondary N) is 2. The van der Waals surface area contributed by atoms with Crippen molar-refractivity contribution in [2.24, 2.45) is 0 Å². The number of hydrogen-bond donors (Lipinski definition) is 2. The molecule has 172 valence electrons. The van der Waals surface area contributed by atoms with Crippen LogP contribution in [0, 0.1) is 6.92 Å². The normalized spacial score (nSPS) is 11.6. The lowest BCUT2D eigenvalue weighted by Gasteiger charge is -2.15. The van der Waals surface area contributed by atoms with Gasteiger partial charge in [-0.25, -0.2) is 0 Å². The van der Waals surface area contributed by atoms with Crippen LogP contribution < -0.4 is 10.6 Å². The van der Waals surface area contributed by atoms with E-state index in [1.807, 2.05) is 24.5 Å². The summed E-state index contributed by atoms with van der Waals surface area (Å²) in [5, 5.41) is 15.9. The summed E-state index contributed by atoms with van der Waals surface area (Å²) in [6.07, 6.45) is 1.71. The summed E-state index contributed by atoms with van der Waals surface area (Å²) >= 11 is 13.3. The molecular weight excluding hydrogens is 481 g/mol. The van der Waals surface area contributed by atoms with Crippen molar-refractivity contribution in [2.75, 3.05) is 11.1 Å². The van der Waals surface area contributed by atoms with E-state index in [1.54, 1.807) is 42.5 Å². The van der Waals surface area contributed by atoms with Crippen LogP contribution in [0.1, 0.15) is 34.7 Å². The van der Waals surface area contributed by atoms with Gasteiger partial charge in [0.05, 0.1) is 11.8 Å². The fourth-order valence-electron chi connectivity index (χ4n) is 2.97. The molecule has 0 spiro atoms. The van der Waals surface area contributed by atoms with Crippen LogP contribution in [0.25, 0.3) is 0 Å². The van der Waals surface area contributed by atoms with Gasteiger partial charge >= 0.3 is 0 Å². The lowest BCUT2D eigenvalue weighted by molar-refractivity contribution is -0.113. The number of carbonyl (C=O) groups excluding carboxylic acids is 2. The molecule has 0 saturated heterocycles. The second-order valence-electron chi connectivity index (χ2n) is 7.24. The second kappa shape index (κ2) is 11.4. The summed E-state index contributed by atoms with van der Waals surface area (Å²) in [5.74, 6) is 0.244. The standard InChI is InChI=1S/C23H23Cl2N5O2S/c1-4-11-30-21(15(3)26-22(32)16-6-8-17(24)9-7-16)28-29-23(30)33-13-20(31)27-18-10-5-14(2)19(25)12-18/h4-10,12,15H,1,11,13H2,2-3H3,(H,26,32)(H,27,31)/t15-/m0/s1. The number of allylic oxidation sites excluding steroid dienone is 1. The molecule has 2 aromatic carbocycles. The van der Waals surface area contributed by atoms with Crippen LogP contribution in [0.3, 0.4) is 0 Å². The minimum absolute atomic E-state index is 0.131. The predicted molar refractivity (Wildman–Crippen MR) is 133 cm³/mol. The van der Waals surface area contributed by atoms with Crippen molar-refractivity contribution in [1.82, 2.24) is 20.1 Å². The molecule has 33 heavy (non-hydrogen) atoms. The Morgan fingerprint density at radius 3 is 2.58 bits per heavy atom. The van der Waals surface area contributed by atoms with Crippen LogP contribution in [0.2, 0.25) is 10.0 Å². The Bertz CT molecular complexity index is 1160. The summed E-state index contributed by atoms with van der Waals surface area (Å²) < 4.78 is 1.82. The van der Waals surface area contributed by atoms with E-state index in [1.165, 1.54) is 11.8 Å². The van der Waals surface area contributed by atoms with Gasteiger partial charge in [-0.05, 0) is 55.8 Å². The Hall–Kier alpha value is -2.81. The fourth-order valence-corrected chi connectivity index (χ4v) is 4.03. The minimum Gasteiger partial charge on any atom is -0.342 e. The van der Waals surface area contributed by atoms with E-state index in [0.29, 0.717) is 38.8 Å². The zero-order chi connectivity index (χ0) is 24.0. The molecule has 1 aromatic heterocycles. The maximum Gasteiger partial charge on any atom is 0.251 e. The number of carbonyl (C=O) groups is 2. The van der Waals surface area contributed by atoms with Crippen LogP contribution in [0.15, 0.2) is 60.3 Å². The highest BCUT2D eigenvalue weighted by Crippen LogP contribution is 2.23. The number of rotatable bonds is 9. The van der Waals surface area contributed by atoms with Gasteiger partial charge in [0.15, 0.2) is 11.0 Å². The molecule has 10 heteroatoms. The molecule has 0 unspecified atom stereocenters. The molecule has 0 bridgehead atoms. The molecule has 0 fully saturated rings. The first-order valence-electron chi connectivity index (χ1n) is 10.1. The number of nitrogens with zero attached hydrogens (tertiary/aromatic N) is 3. The van der Waals surface area contributed by atoms with Crippen LogP contribution in [0.5, 0.6) is 0 Å². The van der Waals surface area contributed by atoms with E-state index >= 15 is 0 Å². The van der Waals surface area contributed by atoms with Gasteiger partial charge in [0.25, 0.3) is 5.91 Å². The van der Waals surface area contributed by atoms with Gasteiger partial charge in [-0.15, -0.1) is 16.8 Å². The van der Waals surface area contributed by atoms with Crippen LogP contribution >= 0.6 is 35.0 Å². The van der Waals surface area contributed by atoms with Gasteiger partial charge in [-0.2, -0.15) is 0 Å². The summed E-state index contributed by atoms with van der Waals surface area (Å²) in [4.78, 5) is 24.9.